The largest absolute Gasteiger partial charge is 0.301 e. The third-order valence-electron chi connectivity index (χ3n) is 2.02. The second kappa shape index (κ2) is 3.54. The first-order valence-electron chi connectivity index (χ1n) is 4.53. The minimum absolute atomic E-state index is 0.0205. The Bertz CT molecular complexity index is 357. The van der Waals surface area contributed by atoms with Gasteiger partial charge in [0.1, 0.15) is 0 Å². The lowest BCUT2D eigenvalue weighted by atomic mass is 10.3. The van der Waals surface area contributed by atoms with Gasteiger partial charge >= 0.3 is 0 Å². The average molecular weight is 196 g/mol. The maximum absolute atomic E-state index is 11.2. The van der Waals surface area contributed by atoms with Crippen LogP contribution in [0.1, 0.15) is 31.4 Å². The molecule has 2 rings (SSSR count). The smallest absolute Gasteiger partial charge is 0.251 e. The number of H-pyrrole nitrogens is 1. The van der Waals surface area contributed by atoms with Crippen LogP contribution in [0.3, 0.4) is 0 Å². The first-order chi connectivity index (χ1) is 6.29. The minimum atomic E-state index is -0.0205. The van der Waals surface area contributed by atoms with Gasteiger partial charge in [0.25, 0.3) is 5.56 Å². The number of aromatic amines is 1. The second-order valence-corrected chi connectivity index (χ2v) is 4.44. The topological polar surface area (TPSA) is 45.8 Å². The molecule has 0 aromatic carbocycles. The van der Waals surface area contributed by atoms with E-state index < -0.39 is 0 Å². The van der Waals surface area contributed by atoms with Gasteiger partial charge in [-0.1, -0.05) is 18.7 Å². The number of nitrogens with one attached hydrogen (secondary N) is 1. The summed E-state index contributed by atoms with van der Waals surface area (Å²) in [7, 11) is 0. The Kier molecular flexibility index (Phi) is 2.40. The molecular weight excluding hydrogens is 184 g/mol. The molecule has 0 bridgehead atoms. The number of hydrogen-bond acceptors (Lipinski definition) is 3. The van der Waals surface area contributed by atoms with Crippen LogP contribution in [0.2, 0.25) is 0 Å². The summed E-state index contributed by atoms with van der Waals surface area (Å²) in [5.74, 6) is 1.50. The van der Waals surface area contributed by atoms with Crippen LogP contribution in [0.25, 0.3) is 0 Å². The van der Waals surface area contributed by atoms with E-state index in [-0.39, 0.29) is 5.56 Å². The van der Waals surface area contributed by atoms with Crippen LogP contribution in [0.4, 0.5) is 0 Å². The van der Waals surface area contributed by atoms with Crippen molar-refractivity contribution in [3.8, 4) is 0 Å². The Labute approximate surface area is 81.0 Å². The fourth-order valence-corrected chi connectivity index (χ4v) is 1.86. The van der Waals surface area contributed by atoms with Crippen molar-refractivity contribution in [2.75, 3.05) is 5.75 Å². The van der Waals surface area contributed by atoms with E-state index in [9.17, 15) is 4.79 Å². The van der Waals surface area contributed by atoms with Crippen molar-refractivity contribution in [3.05, 3.63) is 22.1 Å². The SMILES string of the molecule is CCSc1nc(C2CC2)cc(=O)[nH]1. The summed E-state index contributed by atoms with van der Waals surface area (Å²) in [6, 6.07) is 1.62. The Morgan fingerprint density at radius 2 is 2.46 bits per heavy atom. The molecule has 0 amide bonds. The molecule has 13 heavy (non-hydrogen) atoms. The van der Waals surface area contributed by atoms with Crippen molar-refractivity contribution in [1.29, 1.82) is 0 Å². The molecule has 4 heteroatoms. The summed E-state index contributed by atoms with van der Waals surface area (Å²) in [6.07, 6.45) is 2.37. The maximum atomic E-state index is 11.2. The zero-order valence-corrected chi connectivity index (χ0v) is 8.36. The summed E-state index contributed by atoms with van der Waals surface area (Å²) in [5.41, 5.74) is 0.951. The molecule has 1 heterocycles. The number of thioether (sulfide) groups is 1. The molecule has 0 aliphatic heterocycles. The highest BCUT2D eigenvalue weighted by molar-refractivity contribution is 7.99. The van der Waals surface area contributed by atoms with Gasteiger partial charge in [-0.3, -0.25) is 4.79 Å². The maximum Gasteiger partial charge on any atom is 0.251 e. The van der Waals surface area contributed by atoms with Crippen molar-refractivity contribution >= 4 is 11.8 Å². The van der Waals surface area contributed by atoms with Crippen molar-refractivity contribution in [2.24, 2.45) is 0 Å². The van der Waals surface area contributed by atoms with E-state index in [0.717, 1.165) is 16.6 Å². The predicted octanol–water partition coefficient (Wildman–Crippen LogP) is 1.76. The van der Waals surface area contributed by atoms with E-state index in [4.69, 9.17) is 0 Å². The molecule has 3 nitrogen and oxygen atoms in total. The molecule has 0 spiro atoms. The van der Waals surface area contributed by atoms with E-state index in [2.05, 4.69) is 16.9 Å². The fraction of sp³-hybridized carbons (Fsp3) is 0.556. The monoisotopic (exact) mass is 196 g/mol. The third-order valence-corrected chi connectivity index (χ3v) is 2.77. The van der Waals surface area contributed by atoms with Gasteiger partial charge in [-0.2, -0.15) is 0 Å². The molecule has 1 aromatic heterocycles. The molecule has 1 saturated carbocycles. The highest BCUT2D eigenvalue weighted by Gasteiger charge is 2.25. The summed E-state index contributed by atoms with van der Waals surface area (Å²) in [6.45, 7) is 2.05. The summed E-state index contributed by atoms with van der Waals surface area (Å²) < 4.78 is 0. The van der Waals surface area contributed by atoms with E-state index in [1.807, 2.05) is 0 Å². The number of hydrogen-bond donors (Lipinski definition) is 1. The Morgan fingerprint density at radius 1 is 1.69 bits per heavy atom. The molecule has 1 N–H and O–H groups in total. The number of nitrogens with zero attached hydrogens (tertiary/aromatic N) is 1. The van der Waals surface area contributed by atoms with Crippen molar-refractivity contribution in [1.82, 2.24) is 9.97 Å². The molecule has 0 unspecified atom stereocenters. The van der Waals surface area contributed by atoms with E-state index in [1.54, 1.807) is 17.8 Å². The second-order valence-electron chi connectivity index (χ2n) is 3.18. The first kappa shape index (κ1) is 8.81. The Hall–Kier alpha value is -0.770. The van der Waals surface area contributed by atoms with E-state index in [1.165, 1.54) is 12.8 Å². The molecule has 1 aliphatic carbocycles. The van der Waals surface area contributed by atoms with Gasteiger partial charge < -0.3 is 4.98 Å². The van der Waals surface area contributed by atoms with Crippen LogP contribution in [0.15, 0.2) is 16.0 Å². The Balaban J connectivity index is 2.30. The number of aromatic nitrogens is 2. The molecule has 1 aromatic rings. The third kappa shape index (κ3) is 2.12. The molecule has 1 fully saturated rings. The lowest BCUT2D eigenvalue weighted by Gasteiger charge is -2.00. The van der Waals surface area contributed by atoms with Crippen LogP contribution < -0.4 is 5.56 Å². The standard InChI is InChI=1S/C9H12N2OS/c1-2-13-9-10-7(6-3-4-6)5-8(12)11-9/h5-6H,2-4H2,1H3,(H,10,11,12). The average Bonchev–Trinajstić information content (AvgIpc) is 2.85. The zero-order valence-electron chi connectivity index (χ0n) is 7.54. The quantitative estimate of drug-likeness (QED) is 0.592. The normalized spacial score (nSPS) is 16.1. The highest BCUT2D eigenvalue weighted by atomic mass is 32.2. The van der Waals surface area contributed by atoms with E-state index in [0.29, 0.717) is 5.92 Å². The lowest BCUT2D eigenvalue weighted by Crippen LogP contribution is -2.09. The van der Waals surface area contributed by atoms with Crippen molar-refractivity contribution in [3.63, 3.8) is 0 Å². The molecule has 0 atom stereocenters. The summed E-state index contributed by atoms with van der Waals surface area (Å²) >= 11 is 1.58. The molecular formula is C9H12N2OS. The van der Waals surface area contributed by atoms with Gasteiger partial charge in [0.2, 0.25) is 0 Å². The number of rotatable bonds is 3. The molecule has 0 saturated heterocycles. The van der Waals surface area contributed by atoms with Crippen LogP contribution in [0, 0.1) is 0 Å². The first-order valence-corrected chi connectivity index (χ1v) is 5.52. The van der Waals surface area contributed by atoms with Crippen molar-refractivity contribution < 1.29 is 0 Å². The Morgan fingerprint density at radius 3 is 3.08 bits per heavy atom. The molecule has 0 radical (unpaired) electrons. The fourth-order valence-electron chi connectivity index (χ4n) is 1.25. The van der Waals surface area contributed by atoms with Gasteiger partial charge in [-0.25, -0.2) is 4.98 Å². The van der Waals surface area contributed by atoms with E-state index >= 15 is 0 Å². The summed E-state index contributed by atoms with van der Waals surface area (Å²) in [5, 5.41) is 0.761. The lowest BCUT2D eigenvalue weighted by molar-refractivity contribution is 0.862. The van der Waals surface area contributed by atoms with Gasteiger partial charge in [0.15, 0.2) is 5.16 Å². The molecule has 70 valence electrons. The summed E-state index contributed by atoms with van der Waals surface area (Å²) in [4.78, 5) is 18.3. The van der Waals surface area contributed by atoms with Gasteiger partial charge in [0.05, 0.1) is 5.69 Å². The van der Waals surface area contributed by atoms with Crippen molar-refractivity contribution in [2.45, 2.75) is 30.8 Å². The zero-order chi connectivity index (χ0) is 9.26. The minimum Gasteiger partial charge on any atom is -0.301 e. The van der Waals surface area contributed by atoms with Crippen LogP contribution in [-0.4, -0.2) is 15.7 Å². The highest BCUT2D eigenvalue weighted by Crippen LogP contribution is 2.38. The van der Waals surface area contributed by atoms with Crippen LogP contribution >= 0.6 is 11.8 Å². The molecule has 1 aliphatic rings. The van der Waals surface area contributed by atoms with Crippen LogP contribution in [-0.2, 0) is 0 Å². The van der Waals surface area contributed by atoms with Crippen LogP contribution in [0.5, 0.6) is 0 Å². The van der Waals surface area contributed by atoms with Gasteiger partial charge in [-0.05, 0) is 18.6 Å². The van der Waals surface area contributed by atoms with Gasteiger partial charge in [-0.15, -0.1) is 0 Å². The predicted molar refractivity (Wildman–Crippen MR) is 53.2 cm³/mol. The van der Waals surface area contributed by atoms with Gasteiger partial charge in [0, 0.05) is 12.0 Å².